The van der Waals surface area contributed by atoms with Crippen LogP contribution >= 0.6 is 0 Å². The molecule has 0 heterocycles. The summed E-state index contributed by atoms with van der Waals surface area (Å²) in [6.07, 6.45) is 5.81. The summed E-state index contributed by atoms with van der Waals surface area (Å²) < 4.78 is 0. The van der Waals surface area contributed by atoms with Crippen LogP contribution in [0.1, 0.15) is 46.5 Å². The van der Waals surface area contributed by atoms with Crippen LogP contribution in [0.5, 0.6) is 0 Å². The summed E-state index contributed by atoms with van der Waals surface area (Å²) >= 11 is 0. The maximum Gasteiger partial charge on any atom is 0.109 e. The van der Waals surface area contributed by atoms with Crippen molar-refractivity contribution in [2.75, 3.05) is 0 Å². The van der Waals surface area contributed by atoms with Gasteiger partial charge in [0.25, 0.3) is 0 Å². The summed E-state index contributed by atoms with van der Waals surface area (Å²) in [5.41, 5.74) is 0. The molecule has 0 spiro atoms. The normalized spacial score (nSPS) is 39.5. The van der Waals surface area contributed by atoms with Crippen molar-refractivity contribution in [3.8, 4) is 0 Å². The molecule has 0 N–H and O–H groups in total. The van der Waals surface area contributed by atoms with Crippen LogP contribution in [-0.4, -0.2) is 7.85 Å². The minimum atomic E-state index is 0.644. The van der Waals surface area contributed by atoms with Crippen molar-refractivity contribution < 1.29 is 0 Å². The molecule has 1 fully saturated rings. The van der Waals surface area contributed by atoms with Gasteiger partial charge in [-0.25, -0.2) is 0 Å². The van der Waals surface area contributed by atoms with Crippen LogP contribution in [0, 0.1) is 11.8 Å². The largest absolute Gasteiger partial charge is 0.109 e. The third-order valence-corrected chi connectivity index (χ3v) is 3.33. The second-order valence-electron chi connectivity index (χ2n) is 5.25. The Bertz CT molecular complexity index is 117. The Hall–Kier alpha value is 0.0649. The van der Waals surface area contributed by atoms with Crippen LogP contribution in [0.25, 0.3) is 0 Å². The fourth-order valence-electron chi connectivity index (χ4n) is 2.09. The molecule has 1 rings (SSSR count). The van der Waals surface area contributed by atoms with Crippen LogP contribution in [-0.2, 0) is 0 Å². The molecule has 0 aromatic carbocycles. The van der Waals surface area contributed by atoms with Crippen molar-refractivity contribution in [2.24, 2.45) is 11.8 Å². The Morgan fingerprint density at radius 1 is 1.27 bits per heavy atom. The van der Waals surface area contributed by atoms with E-state index in [0.29, 0.717) is 5.31 Å². The average Bonchev–Trinajstić information content (AvgIpc) is 1.86. The SMILES string of the molecule is BC1(C)CCC(C(C)C)CC1. The van der Waals surface area contributed by atoms with Gasteiger partial charge in [-0.3, -0.25) is 0 Å². The number of hydrogen-bond acceptors (Lipinski definition) is 0. The maximum absolute atomic E-state index is 2.41. The summed E-state index contributed by atoms with van der Waals surface area (Å²) in [6.45, 7) is 7.13. The summed E-state index contributed by atoms with van der Waals surface area (Å²) in [7, 11) is 2.41. The predicted molar refractivity (Wildman–Crippen MR) is 53.7 cm³/mol. The van der Waals surface area contributed by atoms with E-state index >= 15 is 0 Å². The van der Waals surface area contributed by atoms with Gasteiger partial charge in [0.2, 0.25) is 0 Å². The molecule has 11 heavy (non-hydrogen) atoms. The van der Waals surface area contributed by atoms with Crippen molar-refractivity contribution in [2.45, 2.75) is 51.8 Å². The number of rotatable bonds is 1. The van der Waals surface area contributed by atoms with Gasteiger partial charge in [-0.15, -0.1) is 0 Å². The van der Waals surface area contributed by atoms with Gasteiger partial charge < -0.3 is 0 Å². The Kier molecular flexibility index (Phi) is 2.67. The molecular formula is C10H21B. The molecule has 0 saturated heterocycles. The molecular weight excluding hydrogens is 131 g/mol. The molecule has 0 radical (unpaired) electrons. The minimum Gasteiger partial charge on any atom is -0.0669 e. The highest BCUT2D eigenvalue weighted by atomic mass is 14.3. The third-order valence-electron chi connectivity index (χ3n) is 3.33. The van der Waals surface area contributed by atoms with Crippen molar-refractivity contribution in [3.05, 3.63) is 0 Å². The number of hydrogen-bond donors (Lipinski definition) is 0. The second-order valence-corrected chi connectivity index (χ2v) is 5.25. The smallest absolute Gasteiger partial charge is 0.0669 e. The first-order chi connectivity index (χ1) is 5.01. The van der Waals surface area contributed by atoms with E-state index in [1.54, 1.807) is 0 Å². The monoisotopic (exact) mass is 152 g/mol. The highest BCUT2D eigenvalue weighted by molar-refractivity contribution is 6.14. The van der Waals surface area contributed by atoms with Gasteiger partial charge in [0, 0.05) is 0 Å². The highest BCUT2D eigenvalue weighted by Crippen LogP contribution is 2.43. The summed E-state index contributed by atoms with van der Waals surface area (Å²) in [5, 5.41) is 0.644. The quantitative estimate of drug-likeness (QED) is 0.506. The van der Waals surface area contributed by atoms with Crippen molar-refractivity contribution in [1.82, 2.24) is 0 Å². The van der Waals surface area contributed by atoms with Crippen LogP contribution in [0.3, 0.4) is 0 Å². The standard InChI is InChI=1S/C10H21B/c1-8(2)9-4-6-10(3,11)7-5-9/h8-9H,4-7,11H2,1-3H3. The Balaban J connectivity index is 2.36. The second kappa shape index (κ2) is 3.20. The van der Waals surface area contributed by atoms with Gasteiger partial charge in [-0.05, 0) is 11.8 Å². The Labute approximate surface area is 72.2 Å². The Morgan fingerprint density at radius 2 is 1.73 bits per heavy atom. The first kappa shape index (κ1) is 9.16. The summed E-state index contributed by atoms with van der Waals surface area (Å²) in [6, 6.07) is 0. The fourth-order valence-corrected chi connectivity index (χ4v) is 2.09. The van der Waals surface area contributed by atoms with Gasteiger partial charge in [-0.2, -0.15) is 0 Å². The zero-order valence-corrected chi connectivity index (χ0v) is 8.48. The zero-order chi connectivity index (χ0) is 8.48. The molecule has 0 aromatic rings. The van der Waals surface area contributed by atoms with E-state index in [9.17, 15) is 0 Å². The predicted octanol–water partition coefficient (Wildman–Crippen LogP) is 2.64. The van der Waals surface area contributed by atoms with Crippen molar-refractivity contribution >= 4 is 7.85 Å². The van der Waals surface area contributed by atoms with Gasteiger partial charge in [0.15, 0.2) is 0 Å². The Morgan fingerprint density at radius 3 is 2.09 bits per heavy atom. The van der Waals surface area contributed by atoms with E-state index in [1.807, 2.05) is 0 Å². The third kappa shape index (κ3) is 2.54. The highest BCUT2D eigenvalue weighted by Gasteiger charge is 2.27. The lowest BCUT2D eigenvalue weighted by molar-refractivity contribution is 0.244. The van der Waals surface area contributed by atoms with E-state index < -0.39 is 0 Å². The summed E-state index contributed by atoms with van der Waals surface area (Å²) in [4.78, 5) is 0. The molecule has 0 amide bonds. The lowest BCUT2D eigenvalue weighted by atomic mass is 9.59. The van der Waals surface area contributed by atoms with E-state index in [-0.39, 0.29) is 0 Å². The average molecular weight is 152 g/mol. The topological polar surface area (TPSA) is 0 Å². The van der Waals surface area contributed by atoms with Crippen LogP contribution < -0.4 is 0 Å². The molecule has 0 atom stereocenters. The molecule has 0 unspecified atom stereocenters. The van der Waals surface area contributed by atoms with Gasteiger partial charge >= 0.3 is 0 Å². The molecule has 1 aliphatic rings. The molecule has 0 bridgehead atoms. The zero-order valence-electron chi connectivity index (χ0n) is 8.48. The van der Waals surface area contributed by atoms with Crippen LogP contribution in [0.2, 0.25) is 5.31 Å². The molecule has 64 valence electrons. The van der Waals surface area contributed by atoms with E-state index in [2.05, 4.69) is 28.6 Å². The van der Waals surface area contributed by atoms with Gasteiger partial charge in [-0.1, -0.05) is 51.8 Å². The molecule has 0 nitrogen and oxygen atoms in total. The molecule has 1 heteroatoms. The van der Waals surface area contributed by atoms with Crippen LogP contribution in [0.4, 0.5) is 0 Å². The minimum absolute atomic E-state index is 0.644. The van der Waals surface area contributed by atoms with Crippen LogP contribution in [0.15, 0.2) is 0 Å². The molecule has 1 saturated carbocycles. The maximum atomic E-state index is 2.41. The van der Waals surface area contributed by atoms with E-state index in [4.69, 9.17) is 0 Å². The lowest BCUT2D eigenvalue weighted by Crippen LogP contribution is -2.21. The summed E-state index contributed by atoms with van der Waals surface area (Å²) in [5.74, 6) is 1.93. The molecule has 0 aromatic heterocycles. The van der Waals surface area contributed by atoms with E-state index in [1.165, 1.54) is 25.7 Å². The van der Waals surface area contributed by atoms with Crippen molar-refractivity contribution in [1.29, 1.82) is 0 Å². The first-order valence-corrected chi connectivity index (χ1v) is 5.01. The van der Waals surface area contributed by atoms with Gasteiger partial charge in [0.05, 0.1) is 0 Å². The first-order valence-electron chi connectivity index (χ1n) is 5.01. The molecule has 1 aliphatic carbocycles. The molecule has 0 aliphatic heterocycles. The van der Waals surface area contributed by atoms with Gasteiger partial charge in [0.1, 0.15) is 7.85 Å². The van der Waals surface area contributed by atoms with E-state index in [0.717, 1.165) is 11.8 Å². The van der Waals surface area contributed by atoms with Crippen molar-refractivity contribution in [3.63, 3.8) is 0 Å². The fraction of sp³-hybridized carbons (Fsp3) is 1.00. The lowest BCUT2D eigenvalue weighted by Gasteiger charge is -2.36.